The first kappa shape index (κ1) is 19.2. The van der Waals surface area contributed by atoms with Crippen molar-refractivity contribution in [1.82, 2.24) is 4.57 Å². The molecule has 0 aliphatic heterocycles. The van der Waals surface area contributed by atoms with E-state index >= 15 is 0 Å². The van der Waals surface area contributed by atoms with Crippen LogP contribution in [0.3, 0.4) is 0 Å². The van der Waals surface area contributed by atoms with Gasteiger partial charge in [-0.15, -0.1) is 0 Å². The molecule has 0 aliphatic rings. The maximum atomic E-state index is 12.3. The molecule has 0 saturated heterocycles. The Morgan fingerprint density at radius 2 is 1.96 bits per heavy atom. The number of amides is 1. The van der Waals surface area contributed by atoms with Crippen LogP contribution < -0.4 is 9.94 Å². The van der Waals surface area contributed by atoms with Crippen molar-refractivity contribution in [1.29, 1.82) is 0 Å². The molecule has 0 saturated carbocycles. The Bertz CT molecular complexity index is 1170. The average molecular weight is 402 g/mol. The molecule has 1 heterocycles. The number of nitrogens with two attached hydrogens (primary N) is 1. The summed E-state index contributed by atoms with van der Waals surface area (Å²) in [6, 6.07) is 14.2. The number of benzene rings is 2. The van der Waals surface area contributed by atoms with Gasteiger partial charge in [0.1, 0.15) is 0 Å². The number of rotatable bonds is 5. The van der Waals surface area contributed by atoms with Crippen molar-refractivity contribution in [2.45, 2.75) is 24.8 Å². The second-order valence-electron chi connectivity index (χ2n) is 5.90. The number of nitrogens with zero attached hydrogens (tertiary/aromatic N) is 2. The number of carbonyl (C=O) groups is 1. The third-order valence-electron chi connectivity index (χ3n) is 3.85. The number of carbonyl (C=O) groups excluding carboxylic acids is 1. The van der Waals surface area contributed by atoms with Gasteiger partial charge in [0, 0.05) is 12.6 Å². The van der Waals surface area contributed by atoms with E-state index in [9.17, 15) is 13.2 Å². The van der Waals surface area contributed by atoms with Gasteiger partial charge in [-0.1, -0.05) is 48.6 Å². The first-order valence-corrected chi connectivity index (χ1v) is 10.7. The Kier molecular flexibility index (Phi) is 5.69. The molecule has 3 aromatic rings. The molecule has 3 rings (SSSR count). The molecule has 0 atom stereocenters. The molecule has 0 spiro atoms. The van der Waals surface area contributed by atoms with E-state index in [0.29, 0.717) is 16.0 Å². The summed E-state index contributed by atoms with van der Waals surface area (Å²) in [5.41, 5.74) is 1.74. The van der Waals surface area contributed by atoms with Gasteiger partial charge in [0.15, 0.2) is 4.80 Å². The second-order valence-corrected chi connectivity index (χ2v) is 8.48. The second kappa shape index (κ2) is 7.99. The fourth-order valence-electron chi connectivity index (χ4n) is 2.62. The van der Waals surface area contributed by atoms with Crippen molar-refractivity contribution in [2.24, 2.45) is 10.1 Å². The lowest BCUT2D eigenvalue weighted by molar-refractivity contribution is -0.113. The first-order chi connectivity index (χ1) is 12.9. The van der Waals surface area contributed by atoms with Crippen LogP contribution in [0.4, 0.5) is 0 Å². The summed E-state index contributed by atoms with van der Waals surface area (Å²) in [6.45, 7) is 2.69. The van der Waals surface area contributed by atoms with E-state index in [-0.39, 0.29) is 10.8 Å². The van der Waals surface area contributed by atoms with Crippen LogP contribution in [0.15, 0.2) is 64.5 Å². The summed E-state index contributed by atoms with van der Waals surface area (Å²) in [5.74, 6) is -0.373. The minimum absolute atomic E-state index is 0.0433. The van der Waals surface area contributed by atoms with Crippen LogP contribution in [0, 0.1) is 0 Å². The molecule has 2 aromatic carbocycles. The van der Waals surface area contributed by atoms with Crippen molar-refractivity contribution < 1.29 is 13.2 Å². The highest BCUT2D eigenvalue weighted by Crippen LogP contribution is 2.21. The van der Waals surface area contributed by atoms with Crippen LogP contribution in [0.5, 0.6) is 0 Å². The Morgan fingerprint density at radius 1 is 1.22 bits per heavy atom. The van der Waals surface area contributed by atoms with Gasteiger partial charge in [-0.05, 0) is 36.3 Å². The summed E-state index contributed by atoms with van der Waals surface area (Å²) >= 11 is 1.27. The van der Waals surface area contributed by atoms with E-state index < -0.39 is 10.0 Å². The van der Waals surface area contributed by atoms with Crippen LogP contribution in [-0.4, -0.2) is 18.9 Å². The molecule has 0 aliphatic carbocycles. The number of aryl methyl sites for hydroxylation is 1. The fourth-order valence-corrected chi connectivity index (χ4v) is 4.33. The lowest BCUT2D eigenvalue weighted by Crippen LogP contribution is -2.16. The Hall–Kier alpha value is -2.55. The normalized spacial score (nSPS) is 12.9. The summed E-state index contributed by atoms with van der Waals surface area (Å²) in [5, 5.41) is 5.21. The van der Waals surface area contributed by atoms with E-state index in [1.54, 1.807) is 12.1 Å². The van der Waals surface area contributed by atoms with E-state index in [1.807, 2.05) is 41.8 Å². The number of hydrogen-bond donors (Lipinski definition) is 1. The molecule has 0 unspecified atom stereocenters. The van der Waals surface area contributed by atoms with Gasteiger partial charge in [-0.25, -0.2) is 13.6 Å². The molecule has 0 bridgehead atoms. The molecule has 6 nitrogen and oxygen atoms in total. The number of fused-ring (bicyclic) bond motifs is 1. The van der Waals surface area contributed by atoms with Crippen molar-refractivity contribution >= 4 is 43.6 Å². The molecular formula is C19H19N3O3S2. The summed E-state index contributed by atoms with van der Waals surface area (Å²) in [6.07, 6.45) is 3.98. The van der Waals surface area contributed by atoms with E-state index in [1.165, 1.54) is 29.5 Å². The lowest BCUT2D eigenvalue weighted by Gasteiger charge is -2.03. The SMILES string of the molecule is CCCn1c(=NC(=O)C=Cc2ccccc2)sc2cc(S(N)(=O)=O)ccc21. The van der Waals surface area contributed by atoms with Crippen molar-refractivity contribution in [3.63, 3.8) is 0 Å². The predicted octanol–water partition coefficient (Wildman–Crippen LogP) is 2.90. The zero-order chi connectivity index (χ0) is 19.4. The zero-order valence-electron chi connectivity index (χ0n) is 14.7. The largest absolute Gasteiger partial charge is 0.316 e. The molecule has 140 valence electrons. The number of sulfonamides is 1. The van der Waals surface area contributed by atoms with Gasteiger partial charge < -0.3 is 4.57 Å². The highest BCUT2D eigenvalue weighted by molar-refractivity contribution is 7.89. The quantitative estimate of drug-likeness (QED) is 0.666. The van der Waals surface area contributed by atoms with Crippen LogP contribution in [0.1, 0.15) is 18.9 Å². The molecule has 1 amide bonds. The maximum absolute atomic E-state index is 12.3. The Morgan fingerprint density at radius 3 is 2.63 bits per heavy atom. The van der Waals surface area contributed by atoms with E-state index in [4.69, 9.17) is 5.14 Å². The fraction of sp³-hybridized carbons (Fsp3) is 0.158. The topological polar surface area (TPSA) is 94.5 Å². The van der Waals surface area contributed by atoms with Gasteiger partial charge in [0.05, 0.1) is 15.1 Å². The van der Waals surface area contributed by atoms with Gasteiger partial charge >= 0.3 is 0 Å². The standard InChI is InChI=1S/C19H19N3O3S2/c1-2-12-22-16-10-9-15(27(20,24)25)13-17(16)26-19(22)21-18(23)11-8-14-6-4-3-5-7-14/h3-11,13H,2,12H2,1H3,(H2,20,24,25). The Balaban J connectivity index is 2.03. The smallest absolute Gasteiger partial charge is 0.272 e. The maximum Gasteiger partial charge on any atom is 0.272 e. The van der Waals surface area contributed by atoms with Gasteiger partial charge in [0.2, 0.25) is 10.0 Å². The average Bonchev–Trinajstić information content (AvgIpc) is 2.97. The van der Waals surface area contributed by atoms with Crippen LogP contribution in [0.25, 0.3) is 16.3 Å². The number of aromatic nitrogens is 1. The number of primary sulfonamides is 1. The van der Waals surface area contributed by atoms with Crippen molar-refractivity contribution in [3.05, 3.63) is 65.0 Å². The summed E-state index contributed by atoms with van der Waals surface area (Å²) in [4.78, 5) is 17.0. The van der Waals surface area contributed by atoms with Gasteiger partial charge in [-0.2, -0.15) is 4.99 Å². The van der Waals surface area contributed by atoms with Crippen LogP contribution in [-0.2, 0) is 21.4 Å². The zero-order valence-corrected chi connectivity index (χ0v) is 16.3. The number of thiazole rings is 1. The third kappa shape index (κ3) is 4.60. The van der Waals surface area contributed by atoms with E-state index in [0.717, 1.165) is 17.5 Å². The summed E-state index contributed by atoms with van der Waals surface area (Å²) < 4.78 is 25.8. The molecule has 1 aromatic heterocycles. The van der Waals surface area contributed by atoms with E-state index in [2.05, 4.69) is 4.99 Å². The Labute approximate surface area is 161 Å². The van der Waals surface area contributed by atoms with Gasteiger partial charge in [-0.3, -0.25) is 4.79 Å². The molecule has 2 N–H and O–H groups in total. The molecule has 8 heteroatoms. The minimum Gasteiger partial charge on any atom is -0.316 e. The van der Waals surface area contributed by atoms with Crippen LogP contribution >= 0.6 is 11.3 Å². The minimum atomic E-state index is -3.78. The summed E-state index contributed by atoms with van der Waals surface area (Å²) in [7, 11) is -3.78. The van der Waals surface area contributed by atoms with Crippen LogP contribution in [0.2, 0.25) is 0 Å². The molecule has 0 fully saturated rings. The van der Waals surface area contributed by atoms with Crippen molar-refractivity contribution in [3.8, 4) is 0 Å². The third-order valence-corrected chi connectivity index (χ3v) is 5.81. The lowest BCUT2D eigenvalue weighted by atomic mass is 10.2. The molecule has 27 heavy (non-hydrogen) atoms. The number of hydrogen-bond acceptors (Lipinski definition) is 4. The highest BCUT2D eigenvalue weighted by atomic mass is 32.2. The van der Waals surface area contributed by atoms with Crippen molar-refractivity contribution in [2.75, 3.05) is 0 Å². The molecular weight excluding hydrogens is 382 g/mol. The van der Waals surface area contributed by atoms with Gasteiger partial charge in [0.25, 0.3) is 5.91 Å². The highest BCUT2D eigenvalue weighted by Gasteiger charge is 2.12. The molecule has 0 radical (unpaired) electrons. The monoisotopic (exact) mass is 401 g/mol. The first-order valence-electron chi connectivity index (χ1n) is 8.36. The predicted molar refractivity (Wildman–Crippen MR) is 108 cm³/mol.